The van der Waals surface area contributed by atoms with Gasteiger partial charge in [-0.05, 0) is 54.8 Å². The molecule has 0 spiro atoms. The van der Waals surface area contributed by atoms with Gasteiger partial charge in [0.15, 0.2) is 5.43 Å². The van der Waals surface area contributed by atoms with E-state index in [1.54, 1.807) is 54.6 Å². The number of hydrogen-bond donors (Lipinski definition) is 0. The summed E-state index contributed by atoms with van der Waals surface area (Å²) >= 11 is 0. The molecule has 4 aromatic rings. The third kappa shape index (κ3) is 6.30. The van der Waals surface area contributed by atoms with Gasteiger partial charge < -0.3 is 14.1 Å². The molecule has 1 amide bonds. The molecule has 1 unspecified atom stereocenters. The molecule has 0 saturated carbocycles. The maximum Gasteiger partial charge on any atom is 0.243 e. The van der Waals surface area contributed by atoms with Crippen LogP contribution in [-0.4, -0.2) is 49.3 Å². The van der Waals surface area contributed by atoms with Crippen molar-refractivity contribution in [2.45, 2.75) is 36.9 Å². The fourth-order valence-corrected chi connectivity index (χ4v) is 6.17. The Kier molecular flexibility index (Phi) is 8.39. The molecule has 0 N–H and O–H groups in total. The zero-order valence-corrected chi connectivity index (χ0v) is 22.6. The Morgan fingerprint density at radius 2 is 1.68 bits per heavy atom. The number of carbonyl (C=O) groups is 1. The van der Waals surface area contributed by atoms with Crippen LogP contribution in [0, 0.1) is 5.82 Å². The Bertz CT molecular complexity index is 1630. The quantitative estimate of drug-likeness (QED) is 0.285. The summed E-state index contributed by atoms with van der Waals surface area (Å²) in [4.78, 5) is 28.5. The number of fused-ring (bicyclic) bond motifs is 1. The first kappa shape index (κ1) is 27.7. The smallest absolute Gasteiger partial charge is 0.243 e. The Balaban J connectivity index is 1.47. The topological polar surface area (TPSA) is 97.1 Å². The standard InChI is InChI=1S/C30H29FN2O6S/c31-24-14-12-22(13-15-24)17-32(18-23-21-39-28-11-5-4-10-27(28)30(23)35)29(34)20-33(19-25-7-6-16-38-25)40(36,37)26-8-2-1-3-9-26/h1-5,8-15,21,25H,6-7,16-20H2. The van der Waals surface area contributed by atoms with Crippen molar-refractivity contribution in [2.75, 3.05) is 19.7 Å². The lowest BCUT2D eigenvalue weighted by atomic mass is 10.1. The first-order valence-electron chi connectivity index (χ1n) is 13.0. The summed E-state index contributed by atoms with van der Waals surface area (Å²) in [6.07, 6.45) is 2.49. The van der Waals surface area contributed by atoms with E-state index in [4.69, 9.17) is 9.15 Å². The van der Waals surface area contributed by atoms with E-state index >= 15 is 0 Å². The van der Waals surface area contributed by atoms with Crippen molar-refractivity contribution in [3.63, 3.8) is 0 Å². The number of halogens is 1. The van der Waals surface area contributed by atoms with Crippen LogP contribution < -0.4 is 5.43 Å². The minimum Gasteiger partial charge on any atom is -0.464 e. The number of nitrogens with zero attached hydrogens (tertiary/aromatic N) is 2. The molecular weight excluding hydrogens is 535 g/mol. The van der Waals surface area contributed by atoms with Gasteiger partial charge in [-0.2, -0.15) is 4.31 Å². The van der Waals surface area contributed by atoms with Crippen molar-refractivity contribution in [3.8, 4) is 0 Å². The molecule has 1 atom stereocenters. The largest absolute Gasteiger partial charge is 0.464 e. The molecule has 0 radical (unpaired) electrons. The van der Waals surface area contributed by atoms with E-state index in [0.717, 1.165) is 10.7 Å². The predicted molar refractivity (Wildman–Crippen MR) is 147 cm³/mol. The molecular formula is C30H29FN2O6S. The second-order valence-electron chi connectivity index (χ2n) is 9.71. The molecule has 2 heterocycles. The predicted octanol–water partition coefficient (Wildman–Crippen LogP) is 4.33. The molecule has 1 aliphatic heterocycles. The summed E-state index contributed by atoms with van der Waals surface area (Å²) in [5.74, 6) is -0.942. The molecule has 40 heavy (non-hydrogen) atoms. The van der Waals surface area contributed by atoms with Gasteiger partial charge in [-0.25, -0.2) is 12.8 Å². The minimum absolute atomic E-state index is 0.0193. The first-order valence-corrected chi connectivity index (χ1v) is 14.4. The zero-order chi connectivity index (χ0) is 28.1. The lowest BCUT2D eigenvalue weighted by molar-refractivity contribution is -0.132. The van der Waals surface area contributed by atoms with Gasteiger partial charge in [0.1, 0.15) is 11.4 Å². The number of amides is 1. The van der Waals surface area contributed by atoms with Gasteiger partial charge in [-0.1, -0.05) is 42.5 Å². The van der Waals surface area contributed by atoms with Gasteiger partial charge in [0.05, 0.1) is 41.3 Å². The summed E-state index contributed by atoms with van der Waals surface area (Å²) in [7, 11) is -4.03. The van der Waals surface area contributed by atoms with E-state index in [1.165, 1.54) is 35.4 Å². The average Bonchev–Trinajstić information content (AvgIpc) is 3.48. The first-order chi connectivity index (χ1) is 19.3. The van der Waals surface area contributed by atoms with Crippen molar-refractivity contribution in [3.05, 3.63) is 112 Å². The SMILES string of the molecule is O=C(CN(CC1CCCO1)S(=O)(=O)c1ccccc1)N(Cc1ccc(F)cc1)Cc1coc2ccccc2c1=O. The van der Waals surface area contributed by atoms with Crippen LogP contribution in [0.15, 0.2) is 99.2 Å². The fourth-order valence-electron chi connectivity index (χ4n) is 4.73. The maximum atomic E-state index is 13.8. The van der Waals surface area contributed by atoms with Gasteiger partial charge in [0, 0.05) is 19.7 Å². The van der Waals surface area contributed by atoms with Crippen molar-refractivity contribution >= 4 is 26.9 Å². The van der Waals surface area contributed by atoms with E-state index in [0.29, 0.717) is 29.6 Å². The van der Waals surface area contributed by atoms with E-state index in [2.05, 4.69) is 0 Å². The lowest BCUT2D eigenvalue weighted by Gasteiger charge is -2.28. The molecule has 1 aromatic heterocycles. The van der Waals surface area contributed by atoms with Crippen molar-refractivity contribution in [1.29, 1.82) is 0 Å². The third-order valence-corrected chi connectivity index (χ3v) is 8.70. The molecule has 1 fully saturated rings. The molecule has 0 bridgehead atoms. The highest BCUT2D eigenvalue weighted by atomic mass is 32.2. The summed E-state index contributed by atoms with van der Waals surface area (Å²) in [6.45, 7) is 0.00198. The number of rotatable bonds is 10. The zero-order valence-electron chi connectivity index (χ0n) is 21.7. The van der Waals surface area contributed by atoms with Crippen molar-refractivity contribution in [1.82, 2.24) is 9.21 Å². The van der Waals surface area contributed by atoms with Crippen molar-refractivity contribution < 1.29 is 26.8 Å². The van der Waals surface area contributed by atoms with Crippen LogP contribution in [0.4, 0.5) is 4.39 Å². The van der Waals surface area contributed by atoms with Crippen LogP contribution in [0.25, 0.3) is 11.0 Å². The van der Waals surface area contributed by atoms with E-state index in [1.807, 2.05) is 0 Å². The number of para-hydroxylation sites is 1. The fraction of sp³-hybridized carbons (Fsp3) is 0.267. The maximum absolute atomic E-state index is 13.8. The molecule has 1 saturated heterocycles. The van der Waals surface area contributed by atoms with Crippen LogP contribution >= 0.6 is 0 Å². The second-order valence-corrected chi connectivity index (χ2v) is 11.6. The van der Waals surface area contributed by atoms with Crippen LogP contribution in [0.2, 0.25) is 0 Å². The summed E-state index contributed by atoms with van der Waals surface area (Å²) in [6, 6.07) is 20.4. The van der Waals surface area contributed by atoms with Crippen LogP contribution in [0.5, 0.6) is 0 Å². The van der Waals surface area contributed by atoms with Crippen LogP contribution in [0.3, 0.4) is 0 Å². The summed E-state index contributed by atoms with van der Waals surface area (Å²) in [5, 5.41) is 0.376. The number of ether oxygens (including phenoxy) is 1. The molecule has 1 aliphatic rings. The van der Waals surface area contributed by atoms with Gasteiger partial charge in [0.25, 0.3) is 0 Å². The number of sulfonamides is 1. The number of benzene rings is 3. The third-order valence-electron chi connectivity index (χ3n) is 6.88. The Morgan fingerprint density at radius 3 is 2.40 bits per heavy atom. The highest BCUT2D eigenvalue weighted by Crippen LogP contribution is 2.21. The Labute approximate surface area is 231 Å². The second kappa shape index (κ2) is 12.1. The van der Waals surface area contributed by atoms with Crippen LogP contribution in [-0.2, 0) is 32.6 Å². The Hall–Kier alpha value is -3.86. The Morgan fingerprint density at radius 1 is 0.950 bits per heavy atom. The van der Waals surface area contributed by atoms with Gasteiger partial charge >= 0.3 is 0 Å². The lowest BCUT2D eigenvalue weighted by Crippen LogP contribution is -2.45. The monoisotopic (exact) mass is 564 g/mol. The highest BCUT2D eigenvalue weighted by Gasteiger charge is 2.32. The molecule has 8 nitrogen and oxygen atoms in total. The van der Waals surface area contributed by atoms with E-state index in [9.17, 15) is 22.4 Å². The molecule has 5 rings (SSSR count). The molecule has 0 aliphatic carbocycles. The molecule has 208 valence electrons. The number of carbonyl (C=O) groups excluding carboxylic acids is 1. The van der Waals surface area contributed by atoms with E-state index in [-0.39, 0.29) is 41.6 Å². The molecule has 3 aromatic carbocycles. The summed E-state index contributed by atoms with van der Waals surface area (Å²) in [5.41, 5.74) is 0.999. The average molecular weight is 565 g/mol. The van der Waals surface area contributed by atoms with Gasteiger partial charge in [0.2, 0.25) is 15.9 Å². The van der Waals surface area contributed by atoms with E-state index < -0.39 is 28.3 Å². The highest BCUT2D eigenvalue weighted by molar-refractivity contribution is 7.89. The normalized spacial score (nSPS) is 15.5. The minimum atomic E-state index is -4.03. The summed E-state index contributed by atoms with van der Waals surface area (Å²) < 4.78 is 53.3. The van der Waals surface area contributed by atoms with Gasteiger partial charge in [-0.3, -0.25) is 9.59 Å². The van der Waals surface area contributed by atoms with Crippen LogP contribution in [0.1, 0.15) is 24.0 Å². The molecule has 10 heteroatoms. The number of hydrogen-bond acceptors (Lipinski definition) is 6. The van der Waals surface area contributed by atoms with Gasteiger partial charge in [-0.15, -0.1) is 0 Å². The van der Waals surface area contributed by atoms with Crippen molar-refractivity contribution in [2.24, 2.45) is 0 Å².